The Morgan fingerprint density at radius 3 is 2.68 bits per heavy atom. The van der Waals surface area contributed by atoms with Crippen LogP contribution < -0.4 is 5.76 Å². The smallest absolute Gasteiger partial charge is 0.388 e. The van der Waals surface area contributed by atoms with Gasteiger partial charge in [0.25, 0.3) is 5.89 Å². The van der Waals surface area contributed by atoms with Gasteiger partial charge in [-0.3, -0.25) is 9.97 Å². The van der Waals surface area contributed by atoms with Gasteiger partial charge in [0.15, 0.2) is 0 Å². The van der Waals surface area contributed by atoms with Crippen LogP contribution in [0.2, 0.25) is 0 Å². The van der Waals surface area contributed by atoms with E-state index in [4.69, 9.17) is 4.42 Å². The summed E-state index contributed by atoms with van der Waals surface area (Å²) in [6.07, 6.45) is 6.59. The lowest BCUT2D eigenvalue weighted by atomic mass is 10.3. The average Bonchev–Trinajstić information content (AvgIpc) is 2.82. The molecule has 19 heavy (non-hydrogen) atoms. The summed E-state index contributed by atoms with van der Waals surface area (Å²) >= 11 is 0. The first-order valence-electron chi connectivity index (χ1n) is 5.70. The van der Waals surface area contributed by atoms with Gasteiger partial charge in [0, 0.05) is 24.8 Å². The minimum Gasteiger partial charge on any atom is -0.388 e. The fraction of sp³-hybridized carbons (Fsp3) is 0.0769. The van der Waals surface area contributed by atoms with E-state index in [-0.39, 0.29) is 5.89 Å². The molecule has 0 atom stereocenters. The maximum absolute atomic E-state index is 11.7. The molecule has 3 heterocycles. The van der Waals surface area contributed by atoms with Crippen LogP contribution in [0, 0.1) is 0 Å². The molecule has 0 spiro atoms. The van der Waals surface area contributed by atoms with Crippen LogP contribution in [0.3, 0.4) is 0 Å². The molecule has 0 amide bonds. The molecule has 0 saturated carbocycles. The highest BCUT2D eigenvalue weighted by Crippen LogP contribution is 2.13. The van der Waals surface area contributed by atoms with Crippen molar-refractivity contribution in [2.24, 2.45) is 0 Å². The summed E-state index contributed by atoms with van der Waals surface area (Å²) in [7, 11) is 0. The molecule has 0 aliphatic carbocycles. The molecule has 94 valence electrons. The normalized spacial score (nSPS) is 10.5. The summed E-state index contributed by atoms with van der Waals surface area (Å²) in [6.45, 7) is 0.352. The topological polar surface area (TPSA) is 73.8 Å². The van der Waals surface area contributed by atoms with E-state index in [0.717, 1.165) is 5.56 Å². The first kappa shape index (κ1) is 11.3. The van der Waals surface area contributed by atoms with Crippen LogP contribution >= 0.6 is 0 Å². The second kappa shape index (κ2) is 4.85. The number of rotatable bonds is 3. The molecule has 0 N–H and O–H groups in total. The molecule has 3 aromatic rings. The minimum atomic E-state index is -0.490. The van der Waals surface area contributed by atoms with Crippen molar-refractivity contribution in [3.05, 3.63) is 65.2 Å². The van der Waals surface area contributed by atoms with Gasteiger partial charge in [0.1, 0.15) is 0 Å². The summed E-state index contributed by atoms with van der Waals surface area (Å²) in [5, 5.41) is 4.15. The van der Waals surface area contributed by atoms with Gasteiger partial charge < -0.3 is 4.42 Å². The number of aromatic nitrogens is 4. The van der Waals surface area contributed by atoms with Gasteiger partial charge in [-0.05, 0) is 29.8 Å². The van der Waals surface area contributed by atoms with E-state index in [0.29, 0.717) is 12.1 Å². The summed E-state index contributed by atoms with van der Waals surface area (Å²) in [5.41, 5.74) is 1.61. The molecule has 0 radical (unpaired) electrons. The number of hydrogen-bond donors (Lipinski definition) is 0. The second-order valence-corrected chi connectivity index (χ2v) is 3.93. The molecule has 0 aliphatic rings. The first-order valence-corrected chi connectivity index (χ1v) is 5.70. The lowest BCUT2D eigenvalue weighted by Gasteiger charge is -1.97. The van der Waals surface area contributed by atoms with Gasteiger partial charge in [-0.25, -0.2) is 4.79 Å². The van der Waals surface area contributed by atoms with Crippen molar-refractivity contribution in [1.29, 1.82) is 0 Å². The van der Waals surface area contributed by atoms with Crippen LogP contribution in [-0.2, 0) is 6.54 Å². The molecule has 0 saturated heterocycles. The fourth-order valence-corrected chi connectivity index (χ4v) is 1.67. The van der Waals surface area contributed by atoms with Crippen molar-refractivity contribution >= 4 is 0 Å². The van der Waals surface area contributed by atoms with Gasteiger partial charge in [-0.15, -0.1) is 5.10 Å². The Hall–Kier alpha value is -2.76. The van der Waals surface area contributed by atoms with Crippen molar-refractivity contribution in [3.8, 4) is 11.5 Å². The maximum atomic E-state index is 11.7. The Kier molecular flexibility index (Phi) is 2.89. The third-order valence-electron chi connectivity index (χ3n) is 2.60. The number of pyridine rings is 2. The van der Waals surface area contributed by atoms with Crippen LogP contribution in [-0.4, -0.2) is 19.7 Å². The molecule has 3 rings (SSSR count). The fourth-order valence-electron chi connectivity index (χ4n) is 1.67. The summed E-state index contributed by atoms with van der Waals surface area (Å²) < 4.78 is 6.39. The summed E-state index contributed by atoms with van der Waals surface area (Å²) in [4.78, 5) is 19.6. The molecule has 0 fully saturated rings. The number of hydrogen-bond acceptors (Lipinski definition) is 5. The quantitative estimate of drug-likeness (QED) is 0.705. The second-order valence-electron chi connectivity index (χ2n) is 3.93. The molecule has 3 aromatic heterocycles. The van der Waals surface area contributed by atoms with Crippen LogP contribution in [0.25, 0.3) is 11.5 Å². The van der Waals surface area contributed by atoms with Gasteiger partial charge >= 0.3 is 5.76 Å². The van der Waals surface area contributed by atoms with Gasteiger partial charge in [0.2, 0.25) is 0 Å². The standard InChI is InChI=1S/C13H10N4O2/c18-13-17(9-10-3-6-14-7-4-10)16-12(19-13)11-2-1-5-15-8-11/h1-8H,9H2. The Morgan fingerprint density at radius 2 is 1.95 bits per heavy atom. The lowest BCUT2D eigenvalue weighted by molar-refractivity contribution is 0.495. The molecule has 0 aromatic carbocycles. The largest absolute Gasteiger partial charge is 0.437 e. The summed E-state index contributed by atoms with van der Waals surface area (Å²) in [5.74, 6) is -0.220. The SMILES string of the molecule is O=c1oc(-c2cccnc2)nn1Cc1ccncc1. The average molecular weight is 254 g/mol. The van der Waals surface area contributed by atoms with Crippen molar-refractivity contribution in [1.82, 2.24) is 19.7 Å². The van der Waals surface area contributed by atoms with Crippen LogP contribution in [0.4, 0.5) is 0 Å². The Balaban J connectivity index is 1.93. The van der Waals surface area contributed by atoms with Crippen LogP contribution in [0.15, 0.2) is 58.3 Å². The van der Waals surface area contributed by atoms with Gasteiger partial charge in [-0.1, -0.05) is 0 Å². The van der Waals surface area contributed by atoms with E-state index in [1.54, 1.807) is 36.9 Å². The van der Waals surface area contributed by atoms with Crippen molar-refractivity contribution in [3.63, 3.8) is 0 Å². The van der Waals surface area contributed by atoms with Gasteiger partial charge in [0.05, 0.1) is 12.1 Å². The van der Waals surface area contributed by atoms with Crippen LogP contribution in [0.5, 0.6) is 0 Å². The Bertz CT molecular complexity index is 719. The zero-order valence-electron chi connectivity index (χ0n) is 9.93. The molecule has 0 aliphatic heterocycles. The molecular weight excluding hydrogens is 244 g/mol. The van der Waals surface area contributed by atoms with Gasteiger partial charge in [-0.2, -0.15) is 4.68 Å². The Morgan fingerprint density at radius 1 is 1.11 bits per heavy atom. The highest BCUT2D eigenvalue weighted by molar-refractivity contribution is 5.49. The highest BCUT2D eigenvalue weighted by atomic mass is 16.4. The molecule has 6 nitrogen and oxygen atoms in total. The highest BCUT2D eigenvalue weighted by Gasteiger charge is 2.10. The number of nitrogens with zero attached hydrogens (tertiary/aromatic N) is 4. The zero-order chi connectivity index (χ0) is 13.1. The predicted molar refractivity (Wildman–Crippen MR) is 67.3 cm³/mol. The van der Waals surface area contributed by atoms with Crippen LogP contribution in [0.1, 0.15) is 5.56 Å². The van der Waals surface area contributed by atoms with E-state index in [1.165, 1.54) is 4.68 Å². The first-order chi connectivity index (χ1) is 9.33. The third-order valence-corrected chi connectivity index (χ3v) is 2.60. The van der Waals surface area contributed by atoms with E-state index in [2.05, 4.69) is 15.1 Å². The van der Waals surface area contributed by atoms with Crippen molar-refractivity contribution in [2.75, 3.05) is 0 Å². The Labute approximate surface area is 108 Å². The third kappa shape index (κ3) is 2.42. The molecular formula is C13H10N4O2. The van der Waals surface area contributed by atoms with E-state index in [9.17, 15) is 4.79 Å². The zero-order valence-corrected chi connectivity index (χ0v) is 9.93. The molecule has 0 bridgehead atoms. The van der Waals surface area contributed by atoms with E-state index >= 15 is 0 Å². The van der Waals surface area contributed by atoms with E-state index < -0.39 is 5.76 Å². The minimum absolute atomic E-state index is 0.271. The monoisotopic (exact) mass is 254 g/mol. The maximum Gasteiger partial charge on any atom is 0.437 e. The van der Waals surface area contributed by atoms with Crippen molar-refractivity contribution in [2.45, 2.75) is 6.54 Å². The lowest BCUT2D eigenvalue weighted by Crippen LogP contribution is -2.16. The van der Waals surface area contributed by atoms with Crippen molar-refractivity contribution < 1.29 is 4.42 Å². The van der Waals surface area contributed by atoms with E-state index in [1.807, 2.05) is 12.1 Å². The summed E-state index contributed by atoms with van der Waals surface area (Å²) in [6, 6.07) is 7.20. The molecule has 0 unspecified atom stereocenters. The molecule has 6 heteroatoms. The predicted octanol–water partition coefficient (Wildman–Crippen LogP) is 1.34.